The molecule has 0 saturated carbocycles. The van der Waals surface area contributed by atoms with Crippen molar-refractivity contribution in [2.75, 3.05) is 7.11 Å². The van der Waals surface area contributed by atoms with Crippen molar-refractivity contribution >= 4 is 17.6 Å². The van der Waals surface area contributed by atoms with Crippen LogP contribution in [0.2, 0.25) is 5.02 Å². The molecule has 0 heterocycles. The zero-order chi connectivity index (χ0) is 11.6. The SMILES string of the molecule is COC(=O)C(C)c1ccc(Cl)c(C)c1F. The monoisotopic (exact) mass is 230 g/mol. The number of hydrogen-bond donors (Lipinski definition) is 0. The third-order valence-electron chi connectivity index (χ3n) is 2.37. The molecule has 1 aromatic rings. The third-order valence-corrected chi connectivity index (χ3v) is 2.78. The predicted molar refractivity (Wildman–Crippen MR) is 56.6 cm³/mol. The van der Waals surface area contributed by atoms with Crippen molar-refractivity contribution in [2.45, 2.75) is 19.8 Å². The Labute approximate surface area is 93.0 Å². The van der Waals surface area contributed by atoms with E-state index in [1.165, 1.54) is 13.2 Å². The highest BCUT2D eigenvalue weighted by atomic mass is 35.5. The molecule has 0 fully saturated rings. The first kappa shape index (κ1) is 12.0. The molecule has 0 aliphatic carbocycles. The van der Waals surface area contributed by atoms with Gasteiger partial charge in [-0.05, 0) is 19.9 Å². The molecule has 15 heavy (non-hydrogen) atoms. The fourth-order valence-corrected chi connectivity index (χ4v) is 1.47. The summed E-state index contributed by atoms with van der Waals surface area (Å²) in [5.74, 6) is -1.53. The fourth-order valence-electron chi connectivity index (χ4n) is 1.32. The largest absolute Gasteiger partial charge is 0.469 e. The molecule has 0 spiro atoms. The van der Waals surface area contributed by atoms with Crippen molar-refractivity contribution in [3.8, 4) is 0 Å². The Morgan fingerprint density at radius 2 is 2.13 bits per heavy atom. The van der Waals surface area contributed by atoms with Gasteiger partial charge in [0.2, 0.25) is 0 Å². The van der Waals surface area contributed by atoms with Crippen molar-refractivity contribution in [1.82, 2.24) is 0 Å². The van der Waals surface area contributed by atoms with E-state index in [2.05, 4.69) is 4.74 Å². The van der Waals surface area contributed by atoms with Gasteiger partial charge < -0.3 is 4.74 Å². The van der Waals surface area contributed by atoms with Gasteiger partial charge in [-0.2, -0.15) is 0 Å². The number of halogens is 2. The zero-order valence-corrected chi connectivity index (χ0v) is 9.56. The Morgan fingerprint density at radius 1 is 1.53 bits per heavy atom. The van der Waals surface area contributed by atoms with E-state index in [-0.39, 0.29) is 0 Å². The average molecular weight is 231 g/mol. The van der Waals surface area contributed by atoms with E-state index in [1.807, 2.05) is 0 Å². The Hall–Kier alpha value is -1.09. The van der Waals surface area contributed by atoms with Crippen molar-refractivity contribution in [3.63, 3.8) is 0 Å². The molecule has 0 amide bonds. The Bertz CT molecular complexity index is 390. The van der Waals surface area contributed by atoms with Crippen molar-refractivity contribution in [3.05, 3.63) is 34.1 Å². The van der Waals surface area contributed by atoms with Crippen LogP contribution in [0.15, 0.2) is 12.1 Å². The maximum Gasteiger partial charge on any atom is 0.312 e. The van der Waals surface area contributed by atoms with Crippen LogP contribution in [-0.2, 0) is 9.53 Å². The highest BCUT2D eigenvalue weighted by Crippen LogP contribution is 2.26. The van der Waals surface area contributed by atoms with E-state index >= 15 is 0 Å². The Morgan fingerprint density at radius 3 is 2.67 bits per heavy atom. The molecule has 0 radical (unpaired) electrons. The molecule has 0 saturated heterocycles. The minimum absolute atomic E-state index is 0.309. The topological polar surface area (TPSA) is 26.3 Å². The lowest BCUT2D eigenvalue weighted by molar-refractivity contribution is -0.142. The highest BCUT2D eigenvalue weighted by Gasteiger charge is 2.21. The molecule has 1 atom stereocenters. The van der Waals surface area contributed by atoms with Crippen LogP contribution >= 0.6 is 11.6 Å². The molecule has 1 aromatic carbocycles. The number of hydrogen-bond acceptors (Lipinski definition) is 2. The molecule has 0 N–H and O–H groups in total. The highest BCUT2D eigenvalue weighted by molar-refractivity contribution is 6.31. The van der Waals surface area contributed by atoms with Gasteiger partial charge >= 0.3 is 5.97 Å². The summed E-state index contributed by atoms with van der Waals surface area (Å²) in [7, 11) is 1.28. The molecule has 82 valence electrons. The van der Waals surface area contributed by atoms with Gasteiger partial charge in [-0.25, -0.2) is 4.39 Å². The van der Waals surface area contributed by atoms with Gasteiger partial charge in [0.1, 0.15) is 5.82 Å². The standard InChI is InChI=1S/C11H12ClFO2/c1-6(11(14)15-3)8-4-5-9(12)7(2)10(8)13/h4-6H,1-3H3. The predicted octanol–water partition coefficient (Wildman–Crippen LogP) is 3.06. The van der Waals surface area contributed by atoms with Gasteiger partial charge in [-0.1, -0.05) is 17.7 Å². The minimum atomic E-state index is -0.619. The lowest BCUT2D eigenvalue weighted by Gasteiger charge is -2.12. The van der Waals surface area contributed by atoms with Gasteiger partial charge in [-0.3, -0.25) is 4.79 Å². The van der Waals surface area contributed by atoms with Crippen molar-refractivity contribution in [2.24, 2.45) is 0 Å². The molecule has 1 rings (SSSR count). The number of ether oxygens (including phenoxy) is 1. The van der Waals surface area contributed by atoms with Gasteiger partial charge in [0.05, 0.1) is 13.0 Å². The van der Waals surface area contributed by atoms with Crippen molar-refractivity contribution in [1.29, 1.82) is 0 Å². The molecule has 0 aromatic heterocycles. The first-order chi connectivity index (χ1) is 6.99. The minimum Gasteiger partial charge on any atom is -0.469 e. The van der Waals surface area contributed by atoms with Crippen LogP contribution in [0.3, 0.4) is 0 Å². The van der Waals surface area contributed by atoms with Gasteiger partial charge in [0.15, 0.2) is 0 Å². The molecule has 1 unspecified atom stereocenters. The first-order valence-electron chi connectivity index (χ1n) is 4.51. The number of esters is 1. The lowest BCUT2D eigenvalue weighted by atomic mass is 9.98. The second kappa shape index (κ2) is 4.62. The Kier molecular flexibility index (Phi) is 3.69. The number of carbonyl (C=O) groups excluding carboxylic acids is 1. The second-order valence-electron chi connectivity index (χ2n) is 3.32. The Balaban J connectivity index is 3.16. The summed E-state index contributed by atoms with van der Waals surface area (Å²) < 4.78 is 18.3. The number of carbonyl (C=O) groups is 1. The quantitative estimate of drug-likeness (QED) is 0.730. The average Bonchev–Trinajstić information content (AvgIpc) is 2.24. The number of rotatable bonds is 2. The number of benzene rings is 1. The van der Waals surface area contributed by atoms with E-state index in [0.717, 1.165) is 0 Å². The molecular weight excluding hydrogens is 219 g/mol. The van der Waals surface area contributed by atoms with E-state index in [0.29, 0.717) is 16.1 Å². The van der Waals surface area contributed by atoms with Gasteiger partial charge in [-0.15, -0.1) is 0 Å². The molecule has 0 aliphatic rings. The van der Waals surface area contributed by atoms with E-state index in [9.17, 15) is 9.18 Å². The van der Waals surface area contributed by atoms with Crippen LogP contribution < -0.4 is 0 Å². The van der Waals surface area contributed by atoms with Gasteiger partial charge in [0.25, 0.3) is 0 Å². The maximum absolute atomic E-state index is 13.7. The van der Waals surface area contributed by atoms with Crippen LogP contribution in [0, 0.1) is 12.7 Å². The van der Waals surface area contributed by atoms with E-state index < -0.39 is 17.7 Å². The summed E-state index contributed by atoms with van der Waals surface area (Å²) in [5.41, 5.74) is 0.661. The van der Waals surface area contributed by atoms with Crippen LogP contribution in [-0.4, -0.2) is 13.1 Å². The molecular formula is C11H12ClFO2. The number of methoxy groups -OCH3 is 1. The smallest absolute Gasteiger partial charge is 0.312 e. The first-order valence-corrected chi connectivity index (χ1v) is 4.89. The summed E-state index contributed by atoms with van der Waals surface area (Å²) in [6, 6.07) is 3.08. The summed E-state index contributed by atoms with van der Waals surface area (Å²) in [4.78, 5) is 11.2. The molecule has 0 aliphatic heterocycles. The normalized spacial score (nSPS) is 12.3. The van der Waals surface area contributed by atoms with Crippen LogP contribution in [0.4, 0.5) is 4.39 Å². The third kappa shape index (κ3) is 2.29. The second-order valence-corrected chi connectivity index (χ2v) is 3.73. The van der Waals surface area contributed by atoms with E-state index in [4.69, 9.17) is 11.6 Å². The molecule has 2 nitrogen and oxygen atoms in total. The van der Waals surface area contributed by atoms with Crippen LogP contribution in [0.25, 0.3) is 0 Å². The maximum atomic E-state index is 13.7. The molecule has 4 heteroatoms. The van der Waals surface area contributed by atoms with Gasteiger partial charge in [0, 0.05) is 16.1 Å². The van der Waals surface area contributed by atoms with E-state index in [1.54, 1.807) is 19.9 Å². The summed E-state index contributed by atoms with van der Waals surface area (Å²) in [5, 5.41) is 0.355. The van der Waals surface area contributed by atoms with Crippen molar-refractivity contribution < 1.29 is 13.9 Å². The lowest BCUT2D eigenvalue weighted by Crippen LogP contribution is -2.12. The fraction of sp³-hybridized carbons (Fsp3) is 0.364. The molecule has 0 bridgehead atoms. The summed E-state index contributed by atoms with van der Waals surface area (Å²) in [6.07, 6.45) is 0. The summed E-state index contributed by atoms with van der Waals surface area (Å²) >= 11 is 5.75. The van der Waals surface area contributed by atoms with Crippen LogP contribution in [0.5, 0.6) is 0 Å². The van der Waals surface area contributed by atoms with Crippen LogP contribution in [0.1, 0.15) is 24.0 Å². The zero-order valence-electron chi connectivity index (χ0n) is 8.80. The summed E-state index contributed by atoms with van der Waals surface area (Å²) in [6.45, 7) is 3.17.